The van der Waals surface area contributed by atoms with E-state index in [1.807, 2.05) is 12.1 Å². The summed E-state index contributed by atoms with van der Waals surface area (Å²) in [4.78, 5) is 2.21. The summed E-state index contributed by atoms with van der Waals surface area (Å²) < 4.78 is 13.8. The first-order valence-electron chi connectivity index (χ1n) is 6.47. The fraction of sp³-hybridized carbons (Fsp3) is 0.571. The number of nitrogens with two attached hydrogens (primary N) is 1. The minimum absolute atomic E-state index is 0.100. The Balaban J connectivity index is 1.80. The van der Waals surface area contributed by atoms with Crippen LogP contribution < -0.4 is 10.6 Å². The summed E-state index contributed by atoms with van der Waals surface area (Å²) in [5.41, 5.74) is 6.81. The van der Waals surface area contributed by atoms with Gasteiger partial charge in [-0.1, -0.05) is 12.1 Å². The zero-order chi connectivity index (χ0) is 11.8. The van der Waals surface area contributed by atoms with Crippen molar-refractivity contribution in [2.75, 3.05) is 18.0 Å². The summed E-state index contributed by atoms with van der Waals surface area (Å²) in [6.45, 7) is 1.93. The second-order valence-electron chi connectivity index (χ2n) is 5.56. The van der Waals surface area contributed by atoms with Crippen LogP contribution in [0.25, 0.3) is 0 Å². The lowest BCUT2D eigenvalue weighted by atomic mass is 9.75. The Morgan fingerprint density at radius 3 is 2.35 bits per heavy atom. The van der Waals surface area contributed by atoms with Crippen molar-refractivity contribution in [2.24, 2.45) is 17.6 Å². The van der Waals surface area contributed by atoms with Gasteiger partial charge in [-0.25, -0.2) is 4.39 Å². The number of nitrogens with zero attached hydrogens (tertiary/aromatic N) is 1. The number of piperidine rings is 1. The summed E-state index contributed by atoms with van der Waals surface area (Å²) in [6, 6.07) is 7.46. The standard InChI is InChI=1S/C14H19FN2/c15-13-3-1-2-4-14(13)17-8-10-5-11(9-17)7-12(16)6-10/h1-4,10-12H,5-9,16H2. The van der Waals surface area contributed by atoms with Crippen molar-refractivity contribution >= 4 is 5.69 Å². The molecule has 92 valence electrons. The number of hydrogen-bond donors (Lipinski definition) is 1. The molecule has 1 aromatic carbocycles. The minimum Gasteiger partial charge on any atom is -0.369 e. The molecular formula is C14H19FN2. The number of anilines is 1. The first-order valence-corrected chi connectivity index (χ1v) is 6.47. The van der Waals surface area contributed by atoms with Gasteiger partial charge in [0.25, 0.3) is 0 Å². The smallest absolute Gasteiger partial charge is 0.146 e. The summed E-state index contributed by atoms with van der Waals surface area (Å²) in [5, 5.41) is 0. The van der Waals surface area contributed by atoms with Gasteiger partial charge in [0.05, 0.1) is 5.69 Å². The van der Waals surface area contributed by atoms with Crippen LogP contribution >= 0.6 is 0 Å². The highest BCUT2D eigenvalue weighted by Gasteiger charge is 2.34. The number of benzene rings is 1. The third kappa shape index (κ3) is 2.16. The molecule has 2 atom stereocenters. The van der Waals surface area contributed by atoms with E-state index in [1.165, 1.54) is 6.42 Å². The molecule has 3 rings (SSSR count). The Labute approximate surface area is 102 Å². The monoisotopic (exact) mass is 234 g/mol. The zero-order valence-corrected chi connectivity index (χ0v) is 9.98. The SMILES string of the molecule is NC1CC2CC(C1)CN(c1ccccc1F)C2. The maximum atomic E-state index is 13.8. The van der Waals surface area contributed by atoms with E-state index in [9.17, 15) is 4.39 Å². The Bertz CT molecular complexity index is 389. The maximum absolute atomic E-state index is 13.8. The molecule has 1 aromatic rings. The van der Waals surface area contributed by atoms with Gasteiger partial charge in [-0.2, -0.15) is 0 Å². The predicted octanol–water partition coefficient (Wildman–Crippen LogP) is 2.39. The summed E-state index contributed by atoms with van der Waals surface area (Å²) in [6.07, 6.45) is 3.47. The highest BCUT2D eigenvalue weighted by atomic mass is 19.1. The van der Waals surface area contributed by atoms with Gasteiger partial charge in [-0.05, 0) is 43.2 Å². The van der Waals surface area contributed by atoms with Gasteiger partial charge in [0.1, 0.15) is 5.82 Å². The Kier molecular flexibility index (Phi) is 2.79. The van der Waals surface area contributed by atoms with Crippen LogP contribution in [-0.2, 0) is 0 Å². The molecule has 1 saturated heterocycles. The van der Waals surface area contributed by atoms with Gasteiger partial charge in [0, 0.05) is 19.1 Å². The second-order valence-corrected chi connectivity index (χ2v) is 5.56. The number of para-hydroxylation sites is 1. The molecule has 2 aliphatic rings. The molecule has 3 heteroatoms. The van der Waals surface area contributed by atoms with E-state index >= 15 is 0 Å². The van der Waals surface area contributed by atoms with E-state index in [-0.39, 0.29) is 5.82 Å². The zero-order valence-electron chi connectivity index (χ0n) is 9.98. The lowest BCUT2D eigenvalue weighted by Crippen LogP contribution is -2.48. The van der Waals surface area contributed by atoms with Crippen LogP contribution in [0.2, 0.25) is 0 Å². The Morgan fingerprint density at radius 1 is 1.06 bits per heavy atom. The van der Waals surface area contributed by atoms with Gasteiger partial charge < -0.3 is 10.6 Å². The number of halogens is 1. The van der Waals surface area contributed by atoms with Crippen molar-refractivity contribution < 1.29 is 4.39 Å². The van der Waals surface area contributed by atoms with E-state index in [2.05, 4.69) is 4.90 Å². The largest absolute Gasteiger partial charge is 0.369 e. The molecule has 0 amide bonds. The summed E-state index contributed by atoms with van der Waals surface area (Å²) in [5.74, 6) is 1.20. The topological polar surface area (TPSA) is 29.3 Å². The van der Waals surface area contributed by atoms with Crippen LogP contribution in [0.5, 0.6) is 0 Å². The molecule has 0 radical (unpaired) electrons. The molecule has 0 aromatic heterocycles. The van der Waals surface area contributed by atoms with Crippen molar-refractivity contribution in [1.82, 2.24) is 0 Å². The maximum Gasteiger partial charge on any atom is 0.146 e. The molecule has 1 aliphatic carbocycles. The fourth-order valence-corrected chi connectivity index (χ4v) is 3.52. The average molecular weight is 234 g/mol. The van der Waals surface area contributed by atoms with Crippen LogP contribution in [0.15, 0.2) is 24.3 Å². The van der Waals surface area contributed by atoms with Crippen LogP contribution in [0.1, 0.15) is 19.3 Å². The minimum atomic E-state index is -0.100. The second kappa shape index (κ2) is 4.30. The Morgan fingerprint density at radius 2 is 1.71 bits per heavy atom. The van der Waals surface area contributed by atoms with Gasteiger partial charge in [-0.3, -0.25) is 0 Å². The van der Waals surface area contributed by atoms with Crippen molar-refractivity contribution in [1.29, 1.82) is 0 Å². The number of hydrogen-bond acceptors (Lipinski definition) is 2. The van der Waals surface area contributed by atoms with Crippen molar-refractivity contribution in [3.8, 4) is 0 Å². The van der Waals surface area contributed by atoms with E-state index in [0.717, 1.165) is 31.6 Å². The lowest BCUT2D eigenvalue weighted by Gasteiger charge is -2.44. The summed E-state index contributed by atoms with van der Waals surface area (Å²) in [7, 11) is 0. The van der Waals surface area contributed by atoms with E-state index in [0.29, 0.717) is 17.9 Å². The molecule has 1 heterocycles. The highest BCUT2D eigenvalue weighted by molar-refractivity contribution is 5.48. The molecule has 2 fully saturated rings. The third-order valence-corrected chi connectivity index (χ3v) is 4.09. The average Bonchev–Trinajstić information content (AvgIpc) is 2.27. The van der Waals surface area contributed by atoms with Crippen molar-refractivity contribution in [2.45, 2.75) is 25.3 Å². The van der Waals surface area contributed by atoms with E-state index < -0.39 is 0 Å². The first-order chi connectivity index (χ1) is 8.22. The Hall–Kier alpha value is -1.09. The van der Waals surface area contributed by atoms with Crippen molar-refractivity contribution in [3.05, 3.63) is 30.1 Å². The van der Waals surface area contributed by atoms with Crippen LogP contribution in [0.4, 0.5) is 10.1 Å². The quantitative estimate of drug-likeness (QED) is 0.808. The first kappa shape index (κ1) is 11.0. The van der Waals surface area contributed by atoms with Crippen LogP contribution in [0, 0.1) is 17.7 Å². The van der Waals surface area contributed by atoms with Crippen LogP contribution in [-0.4, -0.2) is 19.1 Å². The van der Waals surface area contributed by atoms with E-state index in [4.69, 9.17) is 5.73 Å². The van der Waals surface area contributed by atoms with E-state index in [1.54, 1.807) is 12.1 Å². The van der Waals surface area contributed by atoms with Crippen LogP contribution in [0.3, 0.4) is 0 Å². The highest BCUT2D eigenvalue weighted by Crippen LogP contribution is 2.36. The van der Waals surface area contributed by atoms with Gasteiger partial charge in [-0.15, -0.1) is 0 Å². The van der Waals surface area contributed by atoms with Gasteiger partial charge in [0.2, 0.25) is 0 Å². The van der Waals surface area contributed by atoms with Crippen molar-refractivity contribution in [3.63, 3.8) is 0 Å². The third-order valence-electron chi connectivity index (χ3n) is 4.09. The molecule has 2 bridgehead atoms. The molecular weight excluding hydrogens is 215 g/mol. The van der Waals surface area contributed by atoms with Gasteiger partial charge in [0.15, 0.2) is 0 Å². The molecule has 2 nitrogen and oxygen atoms in total. The molecule has 17 heavy (non-hydrogen) atoms. The number of fused-ring (bicyclic) bond motifs is 2. The predicted molar refractivity (Wildman–Crippen MR) is 67.4 cm³/mol. The molecule has 2 N–H and O–H groups in total. The summed E-state index contributed by atoms with van der Waals surface area (Å²) >= 11 is 0. The normalized spacial score (nSPS) is 32.6. The van der Waals surface area contributed by atoms with Gasteiger partial charge >= 0.3 is 0 Å². The fourth-order valence-electron chi connectivity index (χ4n) is 3.52. The molecule has 1 saturated carbocycles. The molecule has 1 aliphatic heterocycles. The number of rotatable bonds is 1. The molecule has 0 spiro atoms. The molecule has 2 unspecified atom stereocenters. The lowest BCUT2D eigenvalue weighted by molar-refractivity contribution is 0.208.